The number of unbranched alkanes of at least 4 members (excludes halogenated alkanes) is 4. The fourth-order valence-corrected chi connectivity index (χ4v) is 5.23. The van der Waals surface area contributed by atoms with Crippen LogP contribution < -0.4 is 10.6 Å². The third-order valence-corrected chi connectivity index (χ3v) is 7.11. The number of amides is 3. The lowest BCUT2D eigenvalue weighted by atomic mass is 9.94. The van der Waals surface area contributed by atoms with E-state index in [1.165, 1.54) is 6.42 Å². The number of carbonyl (C=O) groups excluding carboxylic acids is 3. The smallest absolute Gasteiger partial charge is 0.408 e. The van der Waals surface area contributed by atoms with E-state index in [1.54, 1.807) is 25.7 Å². The highest BCUT2D eigenvalue weighted by molar-refractivity contribution is 5.92. The molecule has 7 heteroatoms. The summed E-state index contributed by atoms with van der Waals surface area (Å²) in [6.45, 7) is 12.1. The summed E-state index contributed by atoms with van der Waals surface area (Å²) in [6.07, 6.45) is 10.3. The lowest BCUT2D eigenvalue weighted by Crippen LogP contribution is -2.54. The van der Waals surface area contributed by atoms with E-state index in [-0.39, 0.29) is 23.8 Å². The lowest BCUT2D eigenvalue weighted by Gasteiger charge is -2.36. The molecule has 0 radical (unpaired) electrons. The Labute approximate surface area is 236 Å². The van der Waals surface area contributed by atoms with Gasteiger partial charge in [0, 0.05) is 12.6 Å². The van der Waals surface area contributed by atoms with Gasteiger partial charge in [-0.05, 0) is 57.9 Å². The monoisotopic (exact) mass is 543 g/mol. The largest absolute Gasteiger partial charge is 0.444 e. The van der Waals surface area contributed by atoms with Gasteiger partial charge in [-0.15, -0.1) is 0 Å². The van der Waals surface area contributed by atoms with Crippen LogP contribution in [0.4, 0.5) is 4.79 Å². The molecule has 1 aromatic carbocycles. The number of rotatable bonds is 14. The molecule has 0 saturated heterocycles. The van der Waals surface area contributed by atoms with E-state index in [9.17, 15) is 14.4 Å². The maximum Gasteiger partial charge on any atom is 0.408 e. The van der Waals surface area contributed by atoms with Crippen LogP contribution in [0.5, 0.6) is 0 Å². The Morgan fingerprint density at radius 1 is 0.974 bits per heavy atom. The van der Waals surface area contributed by atoms with Gasteiger partial charge in [-0.3, -0.25) is 9.59 Å². The molecule has 1 saturated carbocycles. The van der Waals surface area contributed by atoms with Gasteiger partial charge in [-0.2, -0.15) is 0 Å². The highest BCUT2D eigenvalue weighted by atomic mass is 16.6. The third kappa shape index (κ3) is 12.0. The maximum atomic E-state index is 14.3. The SMILES string of the molecule is CCCCCCCN(C(=O)C(CC(C)C)NC(=O)OC(C)(C)C)C(C(=O)NC1CCCCC1)c1ccccc1. The van der Waals surface area contributed by atoms with E-state index in [0.29, 0.717) is 13.0 Å². The first kappa shape index (κ1) is 32.6. The first-order valence-electron chi connectivity index (χ1n) is 15.2. The molecule has 0 bridgehead atoms. The number of alkyl carbamates (subject to hydrolysis) is 1. The summed E-state index contributed by atoms with van der Waals surface area (Å²) < 4.78 is 5.50. The van der Waals surface area contributed by atoms with Crippen LogP contribution in [-0.4, -0.2) is 47.0 Å². The zero-order valence-corrected chi connectivity index (χ0v) is 25.3. The normalized spacial score (nSPS) is 15.9. The molecule has 0 heterocycles. The predicted molar refractivity (Wildman–Crippen MR) is 157 cm³/mol. The molecule has 2 rings (SSSR count). The number of carbonyl (C=O) groups is 3. The van der Waals surface area contributed by atoms with Crippen molar-refractivity contribution in [1.82, 2.24) is 15.5 Å². The minimum absolute atomic E-state index is 0.130. The zero-order valence-electron chi connectivity index (χ0n) is 25.3. The molecule has 0 spiro atoms. The van der Waals surface area contributed by atoms with Gasteiger partial charge >= 0.3 is 6.09 Å². The second-order valence-electron chi connectivity index (χ2n) is 12.4. The molecule has 1 aliphatic carbocycles. The van der Waals surface area contributed by atoms with Crippen molar-refractivity contribution in [1.29, 1.82) is 0 Å². The van der Waals surface area contributed by atoms with E-state index < -0.39 is 23.8 Å². The van der Waals surface area contributed by atoms with Crippen LogP contribution in [0.25, 0.3) is 0 Å². The van der Waals surface area contributed by atoms with Gasteiger partial charge in [0.05, 0.1) is 0 Å². The number of nitrogens with one attached hydrogen (secondary N) is 2. The summed E-state index contributed by atoms with van der Waals surface area (Å²) in [7, 11) is 0. The Morgan fingerprint density at radius 3 is 2.21 bits per heavy atom. The van der Waals surface area contributed by atoms with Crippen LogP contribution in [0, 0.1) is 5.92 Å². The Kier molecular flexibility index (Phi) is 13.8. The summed E-state index contributed by atoms with van der Waals surface area (Å²) >= 11 is 0. The molecule has 7 nitrogen and oxygen atoms in total. The highest BCUT2D eigenvalue weighted by Gasteiger charge is 2.37. The Bertz CT molecular complexity index is 875. The molecule has 2 unspecified atom stereocenters. The number of hydrogen-bond acceptors (Lipinski definition) is 4. The number of hydrogen-bond donors (Lipinski definition) is 2. The second kappa shape index (κ2) is 16.5. The van der Waals surface area contributed by atoms with Gasteiger partial charge in [0.2, 0.25) is 11.8 Å². The predicted octanol–water partition coefficient (Wildman–Crippen LogP) is 6.92. The minimum atomic E-state index is -0.788. The molecule has 2 atom stereocenters. The molecule has 1 aliphatic rings. The zero-order chi connectivity index (χ0) is 28.8. The van der Waals surface area contributed by atoms with Gasteiger partial charge in [0.15, 0.2) is 0 Å². The van der Waals surface area contributed by atoms with Crippen molar-refractivity contribution in [3.05, 3.63) is 35.9 Å². The molecular weight excluding hydrogens is 490 g/mol. The van der Waals surface area contributed by atoms with Crippen LogP contribution in [0.15, 0.2) is 30.3 Å². The highest BCUT2D eigenvalue weighted by Crippen LogP contribution is 2.26. The van der Waals surface area contributed by atoms with E-state index in [4.69, 9.17) is 4.74 Å². The lowest BCUT2D eigenvalue weighted by molar-refractivity contribution is -0.143. The topological polar surface area (TPSA) is 87.7 Å². The fourth-order valence-electron chi connectivity index (χ4n) is 5.23. The van der Waals surface area contributed by atoms with Crippen molar-refractivity contribution in [3.8, 4) is 0 Å². The minimum Gasteiger partial charge on any atom is -0.444 e. The average molecular weight is 544 g/mol. The van der Waals surface area contributed by atoms with Crippen LogP contribution in [0.1, 0.15) is 124 Å². The summed E-state index contributed by atoms with van der Waals surface area (Å²) in [4.78, 5) is 42.7. The van der Waals surface area contributed by atoms with Crippen LogP contribution in [-0.2, 0) is 14.3 Å². The molecule has 0 aliphatic heterocycles. The standard InChI is InChI=1S/C32H53N3O4/c1-7-8-9-10-17-22-35(30(37)27(23-24(2)3)34-31(38)39-32(4,5)6)28(25-18-13-11-14-19-25)29(36)33-26-20-15-12-16-21-26/h11,13-14,18-19,24,26-28H,7-10,12,15-17,20-23H2,1-6H3,(H,33,36)(H,34,38). The molecule has 0 aromatic heterocycles. The summed E-state index contributed by atoms with van der Waals surface area (Å²) in [5.74, 6) is -0.222. The first-order chi connectivity index (χ1) is 18.5. The maximum absolute atomic E-state index is 14.3. The molecule has 2 N–H and O–H groups in total. The molecule has 1 aromatic rings. The van der Waals surface area contributed by atoms with Gasteiger partial charge in [0.25, 0.3) is 0 Å². The summed E-state index contributed by atoms with van der Waals surface area (Å²) in [6, 6.07) is 8.15. The molecule has 39 heavy (non-hydrogen) atoms. The van der Waals surface area contributed by atoms with Gasteiger partial charge in [0.1, 0.15) is 17.7 Å². The van der Waals surface area contributed by atoms with Crippen molar-refractivity contribution in [2.24, 2.45) is 5.92 Å². The number of nitrogens with zero attached hydrogens (tertiary/aromatic N) is 1. The molecular formula is C32H53N3O4. The van der Waals surface area contributed by atoms with Gasteiger partial charge in [-0.25, -0.2) is 4.79 Å². The van der Waals surface area contributed by atoms with E-state index in [2.05, 4.69) is 17.6 Å². The van der Waals surface area contributed by atoms with Crippen LogP contribution in [0.3, 0.4) is 0 Å². The van der Waals surface area contributed by atoms with Crippen molar-refractivity contribution < 1.29 is 19.1 Å². The van der Waals surface area contributed by atoms with Crippen molar-refractivity contribution >= 4 is 17.9 Å². The molecule has 1 fully saturated rings. The summed E-state index contributed by atoms with van der Waals surface area (Å²) in [5.41, 5.74) is 0.106. The Morgan fingerprint density at radius 2 is 1.62 bits per heavy atom. The van der Waals surface area contributed by atoms with E-state index >= 15 is 0 Å². The van der Waals surface area contributed by atoms with Crippen molar-refractivity contribution in [3.63, 3.8) is 0 Å². The molecule has 220 valence electrons. The molecule has 3 amide bonds. The van der Waals surface area contributed by atoms with Crippen molar-refractivity contribution in [2.75, 3.05) is 6.54 Å². The fraction of sp³-hybridized carbons (Fsp3) is 0.719. The third-order valence-electron chi connectivity index (χ3n) is 7.11. The van der Waals surface area contributed by atoms with E-state index in [1.807, 2.05) is 44.2 Å². The number of ether oxygens (including phenoxy) is 1. The Hall–Kier alpha value is -2.57. The first-order valence-corrected chi connectivity index (χ1v) is 15.2. The van der Waals surface area contributed by atoms with Gasteiger partial charge in [-0.1, -0.05) is 96.0 Å². The van der Waals surface area contributed by atoms with Crippen LogP contribution >= 0.6 is 0 Å². The van der Waals surface area contributed by atoms with Gasteiger partial charge < -0.3 is 20.3 Å². The number of benzene rings is 1. The second-order valence-corrected chi connectivity index (χ2v) is 12.4. The van der Waals surface area contributed by atoms with E-state index in [0.717, 1.165) is 63.4 Å². The Balaban J connectivity index is 2.40. The summed E-state index contributed by atoms with van der Waals surface area (Å²) in [5, 5.41) is 6.11. The van der Waals surface area contributed by atoms with Crippen LogP contribution in [0.2, 0.25) is 0 Å². The average Bonchev–Trinajstić information content (AvgIpc) is 2.87. The van der Waals surface area contributed by atoms with Crippen molar-refractivity contribution in [2.45, 2.75) is 136 Å². The quantitative estimate of drug-likeness (QED) is 0.249.